The van der Waals surface area contributed by atoms with E-state index in [-0.39, 0.29) is 0 Å². The minimum Gasteiger partial charge on any atom is -0.381 e. The van der Waals surface area contributed by atoms with Gasteiger partial charge < -0.3 is 5.32 Å². The molecule has 0 bridgehead atoms. The number of aromatic nitrogens is 1. The van der Waals surface area contributed by atoms with Crippen LogP contribution in [0, 0.1) is 5.92 Å². The van der Waals surface area contributed by atoms with Gasteiger partial charge in [0.2, 0.25) is 0 Å². The molecule has 0 aliphatic heterocycles. The van der Waals surface area contributed by atoms with Crippen molar-refractivity contribution in [2.75, 3.05) is 5.32 Å². The van der Waals surface area contributed by atoms with E-state index in [0.717, 1.165) is 22.5 Å². The third-order valence-corrected chi connectivity index (χ3v) is 3.36. The van der Waals surface area contributed by atoms with E-state index in [0.29, 0.717) is 6.04 Å². The molecule has 0 spiro atoms. The molecule has 1 heterocycles. The Labute approximate surface area is 105 Å². The molecule has 86 valence electrons. The van der Waals surface area contributed by atoms with Gasteiger partial charge in [0.15, 0.2) is 0 Å². The molecular formula is C13H17BrN2. The average molecular weight is 281 g/mol. The molecule has 2 nitrogen and oxygen atoms in total. The zero-order valence-electron chi connectivity index (χ0n) is 9.32. The lowest BCUT2D eigenvalue weighted by molar-refractivity contribution is 0.592. The van der Waals surface area contributed by atoms with Crippen LogP contribution in [0.3, 0.4) is 0 Å². The molecule has 0 saturated heterocycles. The molecule has 1 aliphatic carbocycles. The molecule has 1 saturated carbocycles. The second-order valence-corrected chi connectivity index (χ2v) is 5.26. The van der Waals surface area contributed by atoms with E-state index in [2.05, 4.69) is 38.9 Å². The van der Waals surface area contributed by atoms with Crippen LogP contribution in [-0.2, 0) is 0 Å². The highest BCUT2D eigenvalue weighted by atomic mass is 79.9. The topological polar surface area (TPSA) is 24.9 Å². The first kappa shape index (κ1) is 11.6. The van der Waals surface area contributed by atoms with Crippen molar-refractivity contribution in [1.29, 1.82) is 0 Å². The molecule has 16 heavy (non-hydrogen) atoms. The number of hydrogen-bond donors (Lipinski definition) is 1. The maximum atomic E-state index is 4.17. The molecule has 2 rings (SSSR count). The van der Waals surface area contributed by atoms with Crippen LogP contribution in [0.5, 0.6) is 0 Å². The fourth-order valence-electron chi connectivity index (χ4n) is 1.93. The minimum absolute atomic E-state index is 0.578. The van der Waals surface area contributed by atoms with Gasteiger partial charge in [0.25, 0.3) is 0 Å². The first-order valence-electron chi connectivity index (χ1n) is 5.77. The molecule has 1 N–H and O–H groups in total. The van der Waals surface area contributed by atoms with Crippen LogP contribution >= 0.6 is 15.9 Å². The maximum absolute atomic E-state index is 4.17. The minimum atomic E-state index is 0.578. The second-order valence-electron chi connectivity index (χ2n) is 4.35. The Kier molecular flexibility index (Phi) is 3.99. The van der Waals surface area contributed by atoms with Crippen LogP contribution in [0.15, 0.2) is 35.6 Å². The fourth-order valence-corrected chi connectivity index (χ4v) is 2.29. The lowest BCUT2D eigenvalue weighted by atomic mass is 10.1. The quantitative estimate of drug-likeness (QED) is 0.797. The Morgan fingerprint density at radius 2 is 2.38 bits per heavy atom. The van der Waals surface area contributed by atoms with E-state index < -0.39 is 0 Å². The van der Waals surface area contributed by atoms with Crippen molar-refractivity contribution in [2.45, 2.75) is 31.7 Å². The molecule has 1 aromatic rings. The maximum Gasteiger partial charge on any atom is 0.0540 e. The van der Waals surface area contributed by atoms with Crippen molar-refractivity contribution in [3.05, 3.63) is 35.6 Å². The first-order valence-corrected chi connectivity index (χ1v) is 6.57. The highest BCUT2D eigenvalue weighted by molar-refractivity contribution is 9.10. The van der Waals surface area contributed by atoms with Gasteiger partial charge in [-0.05, 0) is 53.6 Å². The molecule has 1 aromatic heterocycles. The Bertz CT molecular complexity index is 361. The van der Waals surface area contributed by atoms with Crippen molar-refractivity contribution >= 4 is 21.6 Å². The average Bonchev–Trinajstić information content (AvgIpc) is 3.08. The number of nitrogens with zero attached hydrogens (tertiary/aromatic N) is 1. The Morgan fingerprint density at radius 3 is 3.00 bits per heavy atom. The van der Waals surface area contributed by atoms with Gasteiger partial charge in [0.05, 0.1) is 11.9 Å². The Hall–Kier alpha value is -0.830. The molecule has 1 aliphatic rings. The van der Waals surface area contributed by atoms with E-state index in [9.17, 15) is 0 Å². The molecule has 0 amide bonds. The molecule has 1 unspecified atom stereocenters. The summed E-state index contributed by atoms with van der Waals surface area (Å²) < 4.78 is 1.02. The normalized spacial score (nSPS) is 16.8. The van der Waals surface area contributed by atoms with Crippen molar-refractivity contribution < 1.29 is 0 Å². The van der Waals surface area contributed by atoms with E-state index in [1.165, 1.54) is 19.3 Å². The number of pyridine rings is 1. The molecular weight excluding hydrogens is 264 g/mol. The monoisotopic (exact) mass is 280 g/mol. The van der Waals surface area contributed by atoms with E-state index in [1.54, 1.807) is 6.20 Å². The van der Waals surface area contributed by atoms with Crippen LogP contribution in [0.2, 0.25) is 0 Å². The molecule has 1 fully saturated rings. The van der Waals surface area contributed by atoms with Gasteiger partial charge in [-0.2, -0.15) is 0 Å². The highest BCUT2D eigenvalue weighted by Crippen LogP contribution is 2.36. The summed E-state index contributed by atoms with van der Waals surface area (Å²) in [7, 11) is 0. The third-order valence-electron chi connectivity index (χ3n) is 2.93. The summed E-state index contributed by atoms with van der Waals surface area (Å²) in [5.74, 6) is 0.846. The van der Waals surface area contributed by atoms with Crippen molar-refractivity contribution in [3.8, 4) is 0 Å². The zero-order chi connectivity index (χ0) is 11.4. The lowest BCUT2D eigenvalue weighted by Gasteiger charge is -2.18. The fraction of sp³-hybridized carbons (Fsp3) is 0.462. The number of anilines is 1. The summed E-state index contributed by atoms with van der Waals surface area (Å²) >= 11 is 3.44. The van der Waals surface area contributed by atoms with E-state index in [1.807, 2.05) is 12.3 Å². The number of hydrogen-bond acceptors (Lipinski definition) is 2. The van der Waals surface area contributed by atoms with Crippen LogP contribution in [0.25, 0.3) is 0 Å². The molecule has 0 aromatic carbocycles. The van der Waals surface area contributed by atoms with Crippen LogP contribution in [0.1, 0.15) is 25.7 Å². The number of nitrogens with one attached hydrogen (secondary N) is 1. The van der Waals surface area contributed by atoms with Crippen LogP contribution < -0.4 is 5.32 Å². The van der Waals surface area contributed by atoms with Crippen molar-refractivity contribution in [3.63, 3.8) is 0 Å². The lowest BCUT2D eigenvalue weighted by Crippen LogP contribution is -2.21. The molecule has 1 atom stereocenters. The molecule has 0 radical (unpaired) electrons. The zero-order valence-corrected chi connectivity index (χ0v) is 10.9. The summed E-state index contributed by atoms with van der Waals surface area (Å²) in [5, 5.41) is 3.58. The van der Waals surface area contributed by atoms with Gasteiger partial charge >= 0.3 is 0 Å². The summed E-state index contributed by atoms with van der Waals surface area (Å²) in [6.45, 7) is 3.79. The Balaban J connectivity index is 1.96. The summed E-state index contributed by atoms with van der Waals surface area (Å²) in [6.07, 6.45) is 10.6. The van der Waals surface area contributed by atoms with Gasteiger partial charge in [0, 0.05) is 16.7 Å². The number of halogens is 1. The first-order chi connectivity index (χ1) is 7.79. The van der Waals surface area contributed by atoms with Gasteiger partial charge in [-0.15, -0.1) is 6.58 Å². The predicted molar refractivity (Wildman–Crippen MR) is 71.5 cm³/mol. The van der Waals surface area contributed by atoms with Crippen LogP contribution in [-0.4, -0.2) is 11.0 Å². The van der Waals surface area contributed by atoms with Crippen LogP contribution in [0.4, 0.5) is 5.69 Å². The second kappa shape index (κ2) is 5.48. The van der Waals surface area contributed by atoms with Gasteiger partial charge in [-0.1, -0.05) is 6.08 Å². The highest BCUT2D eigenvalue weighted by Gasteiger charge is 2.30. The number of rotatable bonds is 6. The van der Waals surface area contributed by atoms with Crippen molar-refractivity contribution in [1.82, 2.24) is 4.98 Å². The number of allylic oxidation sites excluding steroid dienone is 1. The van der Waals surface area contributed by atoms with E-state index in [4.69, 9.17) is 0 Å². The molecule has 3 heteroatoms. The SMILES string of the molecule is C=CCCC(Nc1cncc(Br)c1)C1CC1. The largest absolute Gasteiger partial charge is 0.381 e. The van der Waals surface area contributed by atoms with Crippen molar-refractivity contribution in [2.24, 2.45) is 5.92 Å². The summed E-state index contributed by atoms with van der Waals surface area (Å²) in [4.78, 5) is 4.17. The van der Waals surface area contributed by atoms with Gasteiger partial charge in [-0.3, -0.25) is 4.98 Å². The van der Waals surface area contributed by atoms with Gasteiger partial charge in [-0.25, -0.2) is 0 Å². The summed E-state index contributed by atoms with van der Waals surface area (Å²) in [5.41, 5.74) is 1.11. The standard InChI is InChI=1S/C13H17BrN2/c1-2-3-4-13(10-5-6-10)16-12-7-11(14)8-15-9-12/h2,7-10,13,16H,1,3-6H2. The Morgan fingerprint density at radius 1 is 1.56 bits per heavy atom. The smallest absolute Gasteiger partial charge is 0.0540 e. The van der Waals surface area contributed by atoms with E-state index >= 15 is 0 Å². The summed E-state index contributed by atoms with van der Waals surface area (Å²) in [6, 6.07) is 2.66. The third kappa shape index (κ3) is 3.34. The predicted octanol–water partition coefficient (Wildman–Crippen LogP) is 4.00. The van der Waals surface area contributed by atoms with Gasteiger partial charge in [0.1, 0.15) is 0 Å².